The number of benzene rings is 2. The van der Waals surface area contributed by atoms with Gasteiger partial charge in [0.2, 0.25) is 0 Å². The molecule has 0 fully saturated rings. The Labute approximate surface area is 196 Å². The van der Waals surface area contributed by atoms with Crippen molar-refractivity contribution in [3.05, 3.63) is 76.0 Å². The highest BCUT2D eigenvalue weighted by Crippen LogP contribution is 2.29. The molecule has 33 heavy (non-hydrogen) atoms. The molecule has 1 N–H and O–H groups in total. The lowest BCUT2D eigenvalue weighted by Gasteiger charge is -2.14. The largest absolute Gasteiger partial charge is 0.493 e. The van der Waals surface area contributed by atoms with Crippen LogP contribution in [0.5, 0.6) is 17.2 Å². The third kappa shape index (κ3) is 6.47. The van der Waals surface area contributed by atoms with Crippen LogP contribution in [0.3, 0.4) is 0 Å². The molecular weight excluding hydrogens is 438 g/mol. The molecule has 2 aromatic carbocycles. The number of aromatic nitrogens is 1. The molecule has 1 heterocycles. The minimum absolute atomic E-state index is 0.159. The Morgan fingerprint density at radius 3 is 2.58 bits per heavy atom. The van der Waals surface area contributed by atoms with Crippen molar-refractivity contribution in [3.8, 4) is 23.3 Å². The minimum Gasteiger partial charge on any atom is -0.493 e. The number of carbonyl (C=O) groups excluding carboxylic acids is 1. The van der Waals surface area contributed by atoms with Gasteiger partial charge in [-0.25, -0.2) is 4.98 Å². The summed E-state index contributed by atoms with van der Waals surface area (Å²) in [6.45, 7) is 4.74. The Kier molecular flexibility index (Phi) is 8.25. The maximum absolute atomic E-state index is 12.2. The van der Waals surface area contributed by atoms with Gasteiger partial charge in [-0.3, -0.25) is 10.1 Å². The summed E-state index contributed by atoms with van der Waals surface area (Å²) in [5.74, 6) is 1.38. The van der Waals surface area contributed by atoms with E-state index in [0.29, 0.717) is 35.4 Å². The highest BCUT2D eigenvalue weighted by molar-refractivity contribution is 7.13. The smallest absolute Gasteiger partial charge is 0.276 e. The summed E-state index contributed by atoms with van der Waals surface area (Å²) in [6.07, 6.45) is 3.11. The number of rotatable bonds is 9. The van der Waals surface area contributed by atoms with Crippen molar-refractivity contribution in [2.24, 2.45) is 0 Å². The van der Waals surface area contributed by atoms with Crippen molar-refractivity contribution in [3.63, 3.8) is 0 Å². The highest BCUT2D eigenvalue weighted by atomic mass is 32.1. The molecule has 0 aliphatic carbocycles. The normalized spacial score (nSPS) is 9.88. The number of aryl methyl sites for hydroxylation is 2. The van der Waals surface area contributed by atoms with Gasteiger partial charge in [0.05, 0.1) is 7.11 Å². The summed E-state index contributed by atoms with van der Waals surface area (Å²) < 4.78 is 17.1. The molecule has 0 atom stereocenters. The zero-order chi connectivity index (χ0) is 23.6. The summed E-state index contributed by atoms with van der Waals surface area (Å²) in [5.41, 5.74) is 5.42. The summed E-state index contributed by atoms with van der Waals surface area (Å²) >= 11 is 1.26. The second-order valence-electron chi connectivity index (χ2n) is 6.90. The van der Waals surface area contributed by atoms with E-state index < -0.39 is 5.91 Å². The molecule has 7 nitrogen and oxygen atoms in total. The SMILES string of the molecule is COc1cc(C=C=C(C#N)C(=O)Nc2nccs2)ccc1OCCOc1c(C)cccc1C. The Balaban J connectivity index is 1.64. The number of amides is 1. The molecule has 0 saturated carbocycles. The first kappa shape index (κ1) is 23.6. The Morgan fingerprint density at radius 2 is 1.91 bits per heavy atom. The van der Waals surface area contributed by atoms with Gasteiger partial charge in [-0.1, -0.05) is 30.0 Å². The zero-order valence-corrected chi connectivity index (χ0v) is 19.4. The van der Waals surface area contributed by atoms with Gasteiger partial charge in [-0.2, -0.15) is 5.26 Å². The van der Waals surface area contributed by atoms with E-state index in [1.165, 1.54) is 17.4 Å². The molecule has 0 saturated heterocycles. The van der Waals surface area contributed by atoms with Gasteiger partial charge < -0.3 is 14.2 Å². The second kappa shape index (κ2) is 11.5. The van der Waals surface area contributed by atoms with Crippen LogP contribution in [-0.4, -0.2) is 31.2 Å². The van der Waals surface area contributed by atoms with Crippen LogP contribution in [0, 0.1) is 25.2 Å². The van der Waals surface area contributed by atoms with Gasteiger partial charge in [-0.15, -0.1) is 11.3 Å². The van der Waals surface area contributed by atoms with Crippen molar-refractivity contribution in [1.29, 1.82) is 5.26 Å². The molecule has 3 aromatic rings. The molecule has 0 unspecified atom stereocenters. The predicted molar refractivity (Wildman–Crippen MR) is 128 cm³/mol. The fourth-order valence-corrected chi connectivity index (χ4v) is 3.49. The molecule has 1 amide bonds. The van der Waals surface area contributed by atoms with Crippen LogP contribution in [0.2, 0.25) is 0 Å². The second-order valence-corrected chi connectivity index (χ2v) is 7.79. The first-order valence-corrected chi connectivity index (χ1v) is 11.0. The zero-order valence-electron chi connectivity index (χ0n) is 18.5. The number of hydrogen-bond donors (Lipinski definition) is 1. The van der Waals surface area contributed by atoms with Crippen molar-refractivity contribution in [2.45, 2.75) is 13.8 Å². The van der Waals surface area contributed by atoms with Gasteiger partial charge >= 0.3 is 0 Å². The number of nitrogens with zero attached hydrogens (tertiary/aromatic N) is 2. The fraction of sp³-hybridized carbons (Fsp3) is 0.200. The van der Waals surface area contributed by atoms with Gasteiger partial charge in [0.15, 0.2) is 22.2 Å². The van der Waals surface area contributed by atoms with Crippen LogP contribution in [0.1, 0.15) is 16.7 Å². The van der Waals surface area contributed by atoms with Gasteiger partial charge in [-0.05, 0) is 48.7 Å². The highest BCUT2D eigenvalue weighted by Gasteiger charge is 2.10. The quantitative estimate of drug-likeness (QED) is 0.210. The van der Waals surface area contributed by atoms with E-state index in [1.807, 2.05) is 38.1 Å². The van der Waals surface area contributed by atoms with Gasteiger partial charge in [0.1, 0.15) is 25.0 Å². The van der Waals surface area contributed by atoms with E-state index in [1.54, 1.807) is 36.9 Å². The monoisotopic (exact) mass is 461 g/mol. The number of ether oxygens (including phenoxy) is 3. The van der Waals surface area contributed by atoms with Crippen LogP contribution in [0.4, 0.5) is 5.13 Å². The van der Waals surface area contributed by atoms with Crippen molar-refractivity contribution in [1.82, 2.24) is 4.98 Å². The lowest BCUT2D eigenvalue weighted by Crippen LogP contribution is -2.12. The van der Waals surface area contributed by atoms with E-state index in [9.17, 15) is 10.1 Å². The van der Waals surface area contributed by atoms with Crippen molar-refractivity contribution in [2.75, 3.05) is 25.6 Å². The van der Waals surface area contributed by atoms with Crippen molar-refractivity contribution >= 4 is 28.5 Å². The maximum atomic E-state index is 12.2. The maximum Gasteiger partial charge on any atom is 0.276 e. The number of nitrogens with one attached hydrogen (secondary N) is 1. The summed E-state index contributed by atoms with van der Waals surface area (Å²) in [5, 5.41) is 14.0. The Morgan fingerprint density at radius 1 is 1.15 bits per heavy atom. The van der Waals surface area contributed by atoms with Gasteiger partial charge in [0, 0.05) is 11.6 Å². The van der Waals surface area contributed by atoms with E-state index in [-0.39, 0.29) is 5.57 Å². The predicted octanol–water partition coefficient (Wildman–Crippen LogP) is 4.93. The fourth-order valence-electron chi connectivity index (χ4n) is 2.96. The molecule has 0 aliphatic rings. The van der Waals surface area contributed by atoms with E-state index in [0.717, 1.165) is 16.9 Å². The molecule has 3 rings (SSSR count). The molecule has 8 heteroatoms. The van der Waals surface area contributed by atoms with E-state index in [2.05, 4.69) is 16.0 Å². The molecule has 168 valence electrons. The molecule has 0 aliphatic heterocycles. The average Bonchev–Trinajstić information content (AvgIpc) is 3.32. The number of thiazole rings is 1. The van der Waals surface area contributed by atoms with Crippen LogP contribution in [-0.2, 0) is 4.79 Å². The number of carbonyl (C=O) groups is 1. The standard InChI is InChI=1S/C25H23N3O4S/c1-17-5-4-6-18(2)23(17)32-13-12-31-21-10-8-19(15-22(21)30-3)7-9-20(16-26)24(29)28-25-27-11-14-33-25/h4-8,10-11,14-15H,12-13H2,1-3H3,(H,27,28,29). The summed E-state index contributed by atoms with van der Waals surface area (Å²) in [7, 11) is 1.54. The number of anilines is 1. The molecule has 1 aromatic heterocycles. The van der Waals surface area contributed by atoms with Crippen LogP contribution < -0.4 is 19.5 Å². The first-order chi connectivity index (χ1) is 16.0. The third-order valence-electron chi connectivity index (χ3n) is 4.56. The lowest BCUT2D eigenvalue weighted by atomic mass is 10.1. The number of hydrogen-bond acceptors (Lipinski definition) is 7. The van der Waals surface area contributed by atoms with Gasteiger partial charge in [0.25, 0.3) is 5.91 Å². The molecule has 0 spiro atoms. The first-order valence-electron chi connectivity index (χ1n) is 10.1. The molecule has 0 radical (unpaired) electrons. The van der Waals surface area contributed by atoms with Crippen LogP contribution in [0.15, 0.2) is 59.3 Å². The number of methoxy groups -OCH3 is 1. The van der Waals surface area contributed by atoms with E-state index in [4.69, 9.17) is 14.2 Å². The van der Waals surface area contributed by atoms with E-state index >= 15 is 0 Å². The molecular formula is C25H23N3O4S. The Bertz CT molecular complexity index is 1200. The average molecular weight is 462 g/mol. The number of para-hydroxylation sites is 1. The minimum atomic E-state index is -0.570. The molecule has 0 bridgehead atoms. The summed E-state index contributed by atoms with van der Waals surface area (Å²) in [6, 6.07) is 13.1. The third-order valence-corrected chi connectivity index (χ3v) is 5.25. The topological polar surface area (TPSA) is 93.5 Å². The van der Waals surface area contributed by atoms with Crippen LogP contribution >= 0.6 is 11.3 Å². The summed E-state index contributed by atoms with van der Waals surface area (Å²) in [4.78, 5) is 16.2. The van der Waals surface area contributed by atoms with Crippen molar-refractivity contribution < 1.29 is 19.0 Å². The van der Waals surface area contributed by atoms with Crippen LogP contribution in [0.25, 0.3) is 6.08 Å². The number of nitriles is 1. The Hall–Kier alpha value is -4.05. The lowest BCUT2D eigenvalue weighted by molar-refractivity contribution is -0.112.